The van der Waals surface area contributed by atoms with Gasteiger partial charge in [-0.3, -0.25) is 4.40 Å². The predicted molar refractivity (Wildman–Crippen MR) is 105 cm³/mol. The second kappa shape index (κ2) is 6.30. The van der Waals surface area contributed by atoms with Crippen molar-refractivity contribution in [3.8, 4) is 22.6 Å². The first-order valence-electron chi connectivity index (χ1n) is 8.74. The highest BCUT2D eigenvalue weighted by Crippen LogP contribution is 2.29. The number of fused-ring (bicyclic) bond motifs is 3. The molecule has 5 nitrogen and oxygen atoms in total. The van der Waals surface area contributed by atoms with Gasteiger partial charge in [0.2, 0.25) is 0 Å². The summed E-state index contributed by atoms with van der Waals surface area (Å²) in [6.07, 6.45) is 0. The molecule has 1 N–H and O–H groups in total. The van der Waals surface area contributed by atoms with Crippen molar-refractivity contribution in [1.82, 2.24) is 19.6 Å². The Hall–Kier alpha value is -3.57. The Balaban J connectivity index is 1.88. The molecule has 0 aliphatic heterocycles. The van der Waals surface area contributed by atoms with Crippen molar-refractivity contribution in [3.63, 3.8) is 0 Å². The first kappa shape index (κ1) is 15.7. The Bertz CT molecular complexity index is 1260. The zero-order valence-electron chi connectivity index (χ0n) is 14.4. The molecule has 27 heavy (non-hydrogen) atoms. The van der Waals surface area contributed by atoms with Crippen LogP contribution in [0.5, 0.6) is 0 Å². The minimum absolute atomic E-state index is 0.0118. The lowest BCUT2D eigenvalue weighted by molar-refractivity contribution is 0.282. The number of hydrogen-bond acceptors (Lipinski definition) is 4. The summed E-state index contributed by atoms with van der Waals surface area (Å²) in [5, 5.41) is 18.4. The van der Waals surface area contributed by atoms with Crippen molar-refractivity contribution in [2.24, 2.45) is 0 Å². The van der Waals surface area contributed by atoms with Gasteiger partial charge in [0.05, 0.1) is 17.6 Å². The van der Waals surface area contributed by atoms with E-state index in [9.17, 15) is 5.11 Å². The lowest BCUT2D eigenvalue weighted by Crippen LogP contribution is -1.98. The van der Waals surface area contributed by atoms with Crippen LogP contribution in [0.25, 0.3) is 39.3 Å². The summed E-state index contributed by atoms with van der Waals surface area (Å²) in [4.78, 5) is 4.85. The molecule has 3 aromatic carbocycles. The highest BCUT2D eigenvalue weighted by atomic mass is 16.3. The second-order valence-corrected chi connectivity index (χ2v) is 6.36. The SMILES string of the molecule is OCc1cccc(-c2nnc3c(-c4ccccc4)nc4ccccc4n23)c1. The van der Waals surface area contributed by atoms with Crippen LogP contribution in [0.3, 0.4) is 0 Å². The highest BCUT2D eigenvalue weighted by molar-refractivity contribution is 5.87. The van der Waals surface area contributed by atoms with Gasteiger partial charge in [-0.1, -0.05) is 60.7 Å². The summed E-state index contributed by atoms with van der Waals surface area (Å²) in [6.45, 7) is -0.0118. The van der Waals surface area contributed by atoms with Crippen LogP contribution in [0.1, 0.15) is 5.56 Å². The largest absolute Gasteiger partial charge is 0.392 e. The predicted octanol–water partition coefficient (Wildman–Crippen LogP) is 4.10. The molecule has 0 spiro atoms. The van der Waals surface area contributed by atoms with Crippen LogP contribution in [-0.4, -0.2) is 24.7 Å². The van der Waals surface area contributed by atoms with E-state index in [1.807, 2.05) is 83.3 Å². The van der Waals surface area contributed by atoms with E-state index < -0.39 is 0 Å². The summed E-state index contributed by atoms with van der Waals surface area (Å²) >= 11 is 0. The first-order valence-corrected chi connectivity index (χ1v) is 8.74. The van der Waals surface area contributed by atoms with E-state index in [0.29, 0.717) is 5.65 Å². The molecule has 0 atom stereocenters. The van der Waals surface area contributed by atoms with Gasteiger partial charge in [-0.15, -0.1) is 10.2 Å². The Kier molecular flexibility index (Phi) is 3.66. The van der Waals surface area contributed by atoms with E-state index in [4.69, 9.17) is 4.98 Å². The van der Waals surface area contributed by atoms with Gasteiger partial charge < -0.3 is 5.11 Å². The number of hydrogen-bond donors (Lipinski definition) is 1. The molecule has 0 saturated heterocycles. The minimum Gasteiger partial charge on any atom is -0.392 e. The van der Waals surface area contributed by atoms with Gasteiger partial charge in [0.1, 0.15) is 5.69 Å². The Labute approximate surface area is 155 Å². The van der Waals surface area contributed by atoms with E-state index in [1.54, 1.807) is 0 Å². The molecule has 130 valence electrons. The smallest absolute Gasteiger partial charge is 0.188 e. The van der Waals surface area contributed by atoms with Gasteiger partial charge in [0.15, 0.2) is 11.5 Å². The molecule has 0 radical (unpaired) electrons. The molecule has 0 unspecified atom stereocenters. The number of para-hydroxylation sites is 2. The topological polar surface area (TPSA) is 63.3 Å². The lowest BCUT2D eigenvalue weighted by atomic mass is 10.1. The fourth-order valence-corrected chi connectivity index (χ4v) is 3.37. The summed E-state index contributed by atoms with van der Waals surface area (Å²) < 4.78 is 2.04. The second-order valence-electron chi connectivity index (χ2n) is 6.36. The number of rotatable bonds is 3. The molecule has 2 heterocycles. The van der Waals surface area contributed by atoms with Crippen molar-refractivity contribution in [2.75, 3.05) is 0 Å². The zero-order chi connectivity index (χ0) is 18.2. The monoisotopic (exact) mass is 352 g/mol. The van der Waals surface area contributed by atoms with Crippen LogP contribution in [0.2, 0.25) is 0 Å². The summed E-state index contributed by atoms with van der Waals surface area (Å²) in [6, 6.07) is 25.7. The summed E-state index contributed by atoms with van der Waals surface area (Å²) in [5.74, 6) is 0.732. The van der Waals surface area contributed by atoms with Crippen molar-refractivity contribution >= 4 is 16.7 Å². The third kappa shape index (κ3) is 2.56. The quantitative estimate of drug-likeness (QED) is 0.531. The summed E-state index contributed by atoms with van der Waals surface area (Å²) in [5.41, 5.74) is 6.08. The van der Waals surface area contributed by atoms with Crippen LogP contribution in [0.4, 0.5) is 0 Å². The molecular formula is C22H16N4O. The van der Waals surface area contributed by atoms with Crippen molar-refractivity contribution < 1.29 is 5.11 Å². The average Bonchev–Trinajstić information content (AvgIpc) is 3.19. The van der Waals surface area contributed by atoms with E-state index in [2.05, 4.69) is 10.2 Å². The normalized spacial score (nSPS) is 11.3. The molecule has 0 bridgehead atoms. The van der Waals surface area contributed by atoms with Crippen LogP contribution in [-0.2, 0) is 6.61 Å². The molecule has 2 aromatic heterocycles. The molecule has 0 aliphatic rings. The molecule has 5 heteroatoms. The number of aromatic nitrogens is 4. The number of nitrogens with zero attached hydrogens (tertiary/aromatic N) is 4. The maximum Gasteiger partial charge on any atom is 0.188 e. The zero-order valence-corrected chi connectivity index (χ0v) is 14.4. The number of aliphatic hydroxyl groups is 1. The van der Waals surface area contributed by atoms with Crippen molar-refractivity contribution in [2.45, 2.75) is 6.61 Å². The van der Waals surface area contributed by atoms with Crippen LogP contribution < -0.4 is 0 Å². The van der Waals surface area contributed by atoms with Crippen molar-refractivity contribution in [1.29, 1.82) is 0 Å². The standard InChI is InChI=1S/C22H16N4O/c27-14-15-7-6-10-17(13-15)21-24-25-22-20(16-8-2-1-3-9-16)23-18-11-4-5-12-19(18)26(21)22/h1-13,27H,14H2. The van der Waals surface area contributed by atoms with Crippen molar-refractivity contribution in [3.05, 3.63) is 84.4 Å². The number of benzene rings is 3. The summed E-state index contributed by atoms with van der Waals surface area (Å²) in [7, 11) is 0. The molecule has 5 aromatic rings. The minimum atomic E-state index is -0.0118. The van der Waals surface area contributed by atoms with Crippen LogP contribution in [0.15, 0.2) is 78.9 Å². The number of aliphatic hydroxyl groups excluding tert-OH is 1. The van der Waals surface area contributed by atoms with Gasteiger partial charge in [-0.05, 0) is 23.8 Å². The average molecular weight is 352 g/mol. The molecule has 5 rings (SSSR count). The van der Waals surface area contributed by atoms with Gasteiger partial charge in [0, 0.05) is 11.1 Å². The van der Waals surface area contributed by atoms with Gasteiger partial charge in [-0.2, -0.15) is 0 Å². The van der Waals surface area contributed by atoms with Gasteiger partial charge in [0.25, 0.3) is 0 Å². The van der Waals surface area contributed by atoms with Crippen LogP contribution in [0, 0.1) is 0 Å². The first-order chi connectivity index (χ1) is 13.3. The third-order valence-corrected chi connectivity index (χ3v) is 4.64. The third-order valence-electron chi connectivity index (χ3n) is 4.64. The Morgan fingerprint density at radius 1 is 0.778 bits per heavy atom. The maximum atomic E-state index is 9.48. The Morgan fingerprint density at radius 2 is 1.56 bits per heavy atom. The van der Waals surface area contributed by atoms with E-state index >= 15 is 0 Å². The van der Waals surface area contributed by atoms with Gasteiger partial charge >= 0.3 is 0 Å². The van der Waals surface area contributed by atoms with E-state index in [1.165, 1.54) is 0 Å². The maximum absolute atomic E-state index is 9.48. The fraction of sp³-hybridized carbons (Fsp3) is 0.0455. The Morgan fingerprint density at radius 3 is 2.41 bits per heavy atom. The van der Waals surface area contributed by atoms with Crippen LogP contribution >= 0.6 is 0 Å². The van der Waals surface area contributed by atoms with E-state index in [-0.39, 0.29) is 6.61 Å². The van der Waals surface area contributed by atoms with Gasteiger partial charge in [-0.25, -0.2) is 4.98 Å². The van der Waals surface area contributed by atoms with E-state index in [0.717, 1.165) is 39.2 Å². The molecular weight excluding hydrogens is 336 g/mol. The molecule has 0 fully saturated rings. The lowest BCUT2D eigenvalue weighted by Gasteiger charge is -2.09. The molecule has 0 aliphatic carbocycles. The highest BCUT2D eigenvalue weighted by Gasteiger charge is 2.17. The fourth-order valence-electron chi connectivity index (χ4n) is 3.37. The molecule has 0 saturated carbocycles. The molecule has 0 amide bonds.